The van der Waals surface area contributed by atoms with Crippen molar-refractivity contribution in [2.24, 2.45) is 4.99 Å². The molecule has 1 aliphatic heterocycles. The maximum atomic E-state index is 13.1. The summed E-state index contributed by atoms with van der Waals surface area (Å²) < 4.78 is 37.6. The van der Waals surface area contributed by atoms with E-state index in [1.165, 1.54) is 7.11 Å². The number of carbonyl (C=O) groups excluding carboxylic acids is 2. The molecular formula is C27H26F2N4O4. The highest BCUT2D eigenvalue weighted by atomic mass is 19.1. The summed E-state index contributed by atoms with van der Waals surface area (Å²) in [6.45, 7) is -0.204. The Balaban J connectivity index is 1.41. The van der Waals surface area contributed by atoms with Gasteiger partial charge in [-0.05, 0) is 17.2 Å². The summed E-state index contributed by atoms with van der Waals surface area (Å²) in [5, 5.41) is 7.26. The van der Waals surface area contributed by atoms with Crippen molar-refractivity contribution in [2.75, 3.05) is 14.0 Å². The summed E-state index contributed by atoms with van der Waals surface area (Å²) in [4.78, 5) is 28.8. The summed E-state index contributed by atoms with van der Waals surface area (Å²) in [5.41, 5.74) is 3.33. The van der Waals surface area contributed by atoms with Gasteiger partial charge in [0.1, 0.15) is 17.6 Å². The molecule has 0 bridgehead atoms. The number of ether oxygens (including phenoxy) is 2. The molecular weight excluding hydrogens is 482 g/mol. The lowest BCUT2D eigenvalue weighted by Crippen LogP contribution is -2.25. The van der Waals surface area contributed by atoms with E-state index in [-0.39, 0.29) is 30.5 Å². The Labute approximate surface area is 212 Å². The fourth-order valence-corrected chi connectivity index (χ4v) is 3.95. The molecule has 0 fully saturated rings. The number of hydrogen-bond donors (Lipinski definition) is 1. The molecule has 2 heterocycles. The van der Waals surface area contributed by atoms with Gasteiger partial charge in [-0.3, -0.25) is 19.3 Å². The Morgan fingerprint density at radius 1 is 1.11 bits per heavy atom. The van der Waals surface area contributed by atoms with E-state index < -0.39 is 18.7 Å². The number of aliphatic imine (C=N–C) groups is 1. The predicted molar refractivity (Wildman–Crippen MR) is 133 cm³/mol. The molecule has 1 atom stereocenters. The third-order valence-corrected chi connectivity index (χ3v) is 5.76. The molecule has 1 amide bonds. The summed E-state index contributed by atoms with van der Waals surface area (Å²) >= 11 is 0. The highest BCUT2D eigenvalue weighted by molar-refractivity contribution is 6.02. The molecule has 1 unspecified atom stereocenters. The molecule has 1 N–H and O–H groups in total. The molecule has 0 spiro atoms. The zero-order valence-corrected chi connectivity index (χ0v) is 20.2. The second-order valence-corrected chi connectivity index (χ2v) is 8.42. The lowest BCUT2D eigenvalue weighted by molar-refractivity contribution is -0.115. The van der Waals surface area contributed by atoms with Gasteiger partial charge < -0.3 is 14.8 Å². The van der Waals surface area contributed by atoms with Crippen molar-refractivity contribution in [3.05, 3.63) is 94.6 Å². The smallest absolute Gasteiger partial charge is 0.272 e. The van der Waals surface area contributed by atoms with E-state index >= 15 is 0 Å². The standard InChI is InChI=1S/C27H26F2N4O4/c1-36-16-21-15-33(32-26(21)27(35)31-12-20-4-2-3-5-25(20)37-17-28)14-19-8-6-18(7-9-19)10-23-24(34)11-22(29)13-30-23/h2-9,11,13,15,23H,10,12,14,16-17H2,1H3,(H,31,35). The van der Waals surface area contributed by atoms with Gasteiger partial charge in [0.2, 0.25) is 6.86 Å². The first-order valence-electron chi connectivity index (χ1n) is 11.6. The number of alkyl halides is 1. The quantitative estimate of drug-likeness (QED) is 0.426. The number of halogens is 2. The van der Waals surface area contributed by atoms with Gasteiger partial charge in [-0.1, -0.05) is 42.5 Å². The van der Waals surface area contributed by atoms with Gasteiger partial charge in [0.15, 0.2) is 11.5 Å². The second-order valence-electron chi connectivity index (χ2n) is 8.42. The maximum Gasteiger partial charge on any atom is 0.272 e. The van der Waals surface area contributed by atoms with E-state index in [0.717, 1.165) is 23.4 Å². The van der Waals surface area contributed by atoms with E-state index in [1.54, 1.807) is 35.1 Å². The molecule has 0 saturated heterocycles. The minimum absolute atomic E-state index is 0.145. The number of aromatic nitrogens is 2. The first kappa shape index (κ1) is 25.9. The van der Waals surface area contributed by atoms with Gasteiger partial charge in [-0.2, -0.15) is 5.10 Å². The molecule has 3 aromatic rings. The molecule has 1 aliphatic rings. The molecule has 0 saturated carbocycles. The van der Waals surface area contributed by atoms with Crippen molar-refractivity contribution in [1.82, 2.24) is 15.1 Å². The molecule has 37 heavy (non-hydrogen) atoms. The molecule has 0 aliphatic carbocycles. The number of benzene rings is 2. The molecule has 2 aromatic carbocycles. The van der Waals surface area contributed by atoms with E-state index in [9.17, 15) is 18.4 Å². The van der Waals surface area contributed by atoms with Crippen molar-refractivity contribution < 1.29 is 27.8 Å². The number of nitrogens with one attached hydrogen (secondary N) is 1. The third kappa shape index (κ3) is 6.73. The minimum atomic E-state index is -0.960. The Morgan fingerprint density at radius 2 is 1.86 bits per heavy atom. The topological polar surface area (TPSA) is 94.8 Å². The van der Waals surface area contributed by atoms with Gasteiger partial charge in [-0.15, -0.1) is 0 Å². The van der Waals surface area contributed by atoms with Crippen LogP contribution in [0, 0.1) is 0 Å². The van der Waals surface area contributed by atoms with Crippen LogP contribution in [0.2, 0.25) is 0 Å². The van der Waals surface area contributed by atoms with Crippen molar-refractivity contribution in [1.29, 1.82) is 0 Å². The van der Waals surface area contributed by atoms with E-state index in [1.807, 2.05) is 24.3 Å². The Hall–Kier alpha value is -4.18. The number of ketones is 1. The number of para-hydroxylation sites is 1. The lowest BCUT2D eigenvalue weighted by Gasteiger charge is -2.12. The largest absolute Gasteiger partial charge is 0.463 e. The van der Waals surface area contributed by atoms with Crippen LogP contribution in [0.15, 0.2) is 71.6 Å². The number of dihydropyridines is 1. The summed E-state index contributed by atoms with van der Waals surface area (Å²) in [6, 6.07) is 13.8. The Bertz CT molecular complexity index is 1320. The molecule has 4 rings (SSSR count). The molecule has 192 valence electrons. The van der Waals surface area contributed by atoms with Gasteiger partial charge >= 0.3 is 0 Å². The predicted octanol–water partition coefficient (Wildman–Crippen LogP) is 3.73. The molecule has 8 nitrogen and oxygen atoms in total. The average Bonchev–Trinajstić information content (AvgIpc) is 3.29. The highest BCUT2D eigenvalue weighted by Gasteiger charge is 2.20. The monoisotopic (exact) mass is 508 g/mol. The van der Waals surface area contributed by atoms with Crippen LogP contribution >= 0.6 is 0 Å². The first-order valence-corrected chi connectivity index (χ1v) is 11.6. The zero-order chi connectivity index (χ0) is 26.2. The van der Waals surface area contributed by atoms with Crippen LogP contribution in [-0.2, 0) is 35.6 Å². The number of nitrogens with zero attached hydrogens (tertiary/aromatic N) is 3. The van der Waals surface area contributed by atoms with E-state index in [0.29, 0.717) is 29.8 Å². The number of rotatable bonds is 11. The van der Waals surface area contributed by atoms with E-state index in [2.05, 4.69) is 15.4 Å². The Kier molecular flexibility index (Phi) is 8.52. The van der Waals surface area contributed by atoms with Crippen LogP contribution in [0.1, 0.15) is 32.7 Å². The first-order chi connectivity index (χ1) is 18.0. The Morgan fingerprint density at radius 3 is 2.59 bits per heavy atom. The number of allylic oxidation sites excluding steroid dienone is 1. The van der Waals surface area contributed by atoms with Gasteiger partial charge in [0, 0.05) is 43.5 Å². The van der Waals surface area contributed by atoms with Crippen LogP contribution < -0.4 is 10.1 Å². The SMILES string of the molecule is COCc1cn(Cc2ccc(CC3N=CC(F)=CC3=O)cc2)nc1C(=O)NCc1ccccc1OCF. The van der Waals surface area contributed by atoms with Gasteiger partial charge in [0.05, 0.1) is 19.4 Å². The average molecular weight is 509 g/mol. The summed E-state index contributed by atoms with van der Waals surface area (Å²) in [6.07, 6.45) is 4.16. The molecule has 1 aromatic heterocycles. The normalized spacial score (nSPS) is 14.9. The lowest BCUT2D eigenvalue weighted by atomic mass is 10.00. The van der Waals surface area contributed by atoms with Crippen molar-refractivity contribution in [2.45, 2.75) is 32.2 Å². The van der Waals surface area contributed by atoms with Crippen LogP contribution in [0.25, 0.3) is 0 Å². The van der Waals surface area contributed by atoms with Crippen LogP contribution in [-0.4, -0.2) is 47.7 Å². The van der Waals surface area contributed by atoms with Crippen LogP contribution in [0.4, 0.5) is 8.78 Å². The molecule has 0 radical (unpaired) electrons. The fraction of sp³-hybridized carbons (Fsp3) is 0.259. The van der Waals surface area contributed by atoms with E-state index in [4.69, 9.17) is 9.47 Å². The van der Waals surface area contributed by atoms with Crippen LogP contribution in [0.3, 0.4) is 0 Å². The third-order valence-electron chi connectivity index (χ3n) is 5.76. The van der Waals surface area contributed by atoms with Crippen molar-refractivity contribution >= 4 is 17.9 Å². The van der Waals surface area contributed by atoms with Gasteiger partial charge in [-0.25, -0.2) is 8.78 Å². The number of methoxy groups -OCH3 is 1. The number of hydrogen-bond acceptors (Lipinski definition) is 6. The number of carbonyl (C=O) groups is 2. The minimum Gasteiger partial charge on any atom is -0.463 e. The second kappa shape index (κ2) is 12.2. The molecule has 10 heteroatoms. The zero-order valence-electron chi connectivity index (χ0n) is 20.2. The van der Waals surface area contributed by atoms with Crippen molar-refractivity contribution in [3.63, 3.8) is 0 Å². The summed E-state index contributed by atoms with van der Waals surface area (Å²) in [7, 11) is 1.54. The van der Waals surface area contributed by atoms with Crippen LogP contribution in [0.5, 0.6) is 5.75 Å². The highest BCUT2D eigenvalue weighted by Crippen LogP contribution is 2.19. The maximum absolute atomic E-state index is 13.1. The summed E-state index contributed by atoms with van der Waals surface area (Å²) in [5.74, 6) is -1.01. The fourth-order valence-electron chi connectivity index (χ4n) is 3.95. The number of amides is 1. The van der Waals surface area contributed by atoms with Gasteiger partial charge in [0.25, 0.3) is 5.91 Å². The van der Waals surface area contributed by atoms with Crippen molar-refractivity contribution in [3.8, 4) is 5.75 Å².